The van der Waals surface area contributed by atoms with Gasteiger partial charge in [-0.05, 0) is 62.6 Å². The molecule has 2 aromatic rings. The van der Waals surface area contributed by atoms with Gasteiger partial charge in [0, 0.05) is 23.1 Å². The van der Waals surface area contributed by atoms with Crippen LogP contribution in [0.1, 0.15) is 49.1 Å². The maximum absolute atomic E-state index is 13.6. The Hall–Kier alpha value is -2.93. The molecule has 1 aromatic carbocycles. The van der Waals surface area contributed by atoms with Gasteiger partial charge in [0.05, 0.1) is 5.02 Å². The minimum absolute atomic E-state index is 0.00776. The van der Waals surface area contributed by atoms with Gasteiger partial charge in [0.1, 0.15) is 11.4 Å². The third kappa shape index (κ3) is 3.90. The Labute approximate surface area is 184 Å². The predicted octanol–water partition coefficient (Wildman–Crippen LogP) is 4.68. The molecule has 0 unspecified atom stereocenters. The van der Waals surface area contributed by atoms with Crippen LogP contribution in [0.4, 0.5) is 9.18 Å². The largest absolute Gasteiger partial charge is 0.331 e. The van der Waals surface area contributed by atoms with Crippen LogP contribution in [0.25, 0.3) is 11.8 Å². The lowest BCUT2D eigenvalue weighted by atomic mass is 9.93. The lowest BCUT2D eigenvalue weighted by Crippen LogP contribution is -2.58. The van der Waals surface area contributed by atoms with Crippen LogP contribution in [0.2, 0.25) is 5.02 Å². The van der Waals surface area contributed by atoms with Crippen LogP contribution in [0.15, 0.2) is 29.8 Å². The molecule has 0 bridgehead atoms. The highest BCUT2D eigenvalue weighted by Crippen LogP contribution is 2.29. The van der Waals surface area contributed by atoms with Crippen LogP contribution < -0.4 is 5.32 Å². The summed E-state index contributed by atoms with van der Waals surface area (Å²) >= 11 is 5.94. The molecule has 0 radical (unpaired) electrons. The van der Waals surface area contributed by atoms with E-state index >= 15 is 0 Å². The van der Waals surface area contributed by atoms with E-state index in [1.165, 1.54) is 23.1 Å². The number of carbonyl (C=O) groups is 3. The molecule has 2 heterocycles. The monoisotopic (exact) mass is 443 g/mol. The van der Waals surface area contributed by atoms with Gasteiger partial charge in [0.2, 0.25) is 0 Å². The first-order chi connectivity index (χ1) is 14.8. The molecule has 2 fully saturated rings. The fraction of sp³-hybridized carbons (Fsp3) is 0.348. The summed E-state index contributed by atoms with van der Waals surface area (Å²) < 4.78 is 15.4. The van der Waals surface area contributed by atoms with Gasteiger partial charge in [-0.3, -0.25) is 19.8 Å². The molecule has 1 saturated heterocycles. The third-order valence-electron chi connectivity index (χ3n) is 6.00. The Kier molecular flexibility index (Phi) is 5.71. The van der Waals surface area contributed by atoms with Crippen molar-refractivity contribution >= 4 is 35.5 Å². The van der Waals surface area contributed by atoms with E-state index < -0.39 is 23.7 Å². The summed E-state index contributed by atoms with van der Waals surface area (Å²) in [6.45, 7) is 3.71. The number of nitrogens with one attached hydrogen (secondary N) is 1. The number of rotatable bonds is 3. The predicted molar refractivity (Wildman–Crippen MR) is 115 cm³/mol. The maximum atomic E-state index is 13.6. The van der Waals surface area contributed by atoms with Gasteiger partial charge < -0.3 is 4.57 Å². The highest BCUT2D eigenvalue weighted by Gasteiger charge is 2.40. The summed E-state index contributed by atoms with van der Waals surface area (Å²) in [6, 6.07) is 5.43. The molecule has 31 heavy (non-hydrogen) atoms. The van der Waals surface area contributed by atoms with E-state index in [0.29, 0.717) is 11.3 Å². The number of imide groups is 2. The lowest BCUT2D eigenvalue weighted by molar-refractivity contribution is -0.132. The van der Waals surface area contributed by atoms with Crippen molar-refractivity contribution in [2.75, 3.05) is 0 Å². The molecular formula is C23H23ClFN3O3. The molecule has 1 N–H and O–H groups in total. The SMILES string of the molecule is Cc1cc(C=C2C(=O)NC(=O)N(C3CCCCC3)C2=O)c(C)n1-c1ccc(F)c(Cl)c1. The molecule has 6 nitrogen and oxygen atoms in total. The Morgan fingerprint density at radius 2 is 1.81 bits per heavy atom. The van der Waals surface area contributed by atoms with Crippen molar-refractivity contribution in [2.24, 2.45) is 0 Å². The zero-order chi connectivity index (χ0) is 22.3. The number of nitrogens with zero attached hydrogens (tertiary/aromatic N) is 2. The van der Waals surface area contributed by atoms with Crippen LogP contribution in [0.3, 0.4) is 0 Å². The fourth-order valence-corrected chi connectivity index (χ4v) is 4.63. The number of barbiturate groups is 1. The fourth-order valence-electron chi connectivity index (χ4n) is 4.45. The minimum Gasteiger partial charge on any atom is -0.318 e. The topological polar surface area (TPSA) is 71.4 Å². The Morgan fingerprint density at radius 3 is 2.48 bits per heavy atom. The summed E-state index contributed by atoms with van der Waals surface area (Å²) in [7, 11) is 0. The molecule has 2 aliphatic rings. The van der Waals surface area contributed by atoms with Crippen LogP contribution in [-0.2, 0) is 9.59 Å². The minimum atomic E-state index is -0.698. The van der Waals surface area contributed by atoms with E-state index in [0.717, 1.165) is 43.5 Å². The summed E-state index contributed by atoms with van der Waals surface area (Å²) in [5, 5.41) is 2.31. The van der Waals surface area contributed by atoms with Crippen molar-refractivity contribution in [3.8, 4) is 5.69 Å². The number of urea groups is 1. The smallest absolute Gasteiger partial charge is 0.318 e. The quantitative estimate of drug-likeness (QED) is 0.553. The second-order valence-electron chi connectivity index (χ2n) is 8.04. The first-order valence-electron chi connectivity index (χ1n) is 10.3. The van der Waals surface area contributed by atoms with E-state index in [-0.39, 0.29) is 16.6 Å². The number of amides is 4. The number of aryl methyl sites for hydroxylation is 1. The van der Waals surface area contributed by atoms with Gasteiger partial charge in [-0.2, -0.15) is 0 Å². The highest BCUT2D eigenvalue weighted by atomic mass is 35.5. The number of carbonyl (C=O) groups excluding carboxylic acids is 3. The highest BCUT2D eigenvalue weighted by molar-refractivity contribution is 6.31. The van der Waals surface area contributed by atoms with E-state index in [9.17, 15) is 18.8 Å². The number of hydrogen-bond donors (Lipinski definition) is 1. The molecule has 4 rings (SSSR count). The molecule has 4 amide bonds. The third-order valence-corrected chi connectivity index (χ3v) is 6.29. The van der Waals surface area contributed by atoms with E-state index in [1.54, 1.807) is 6.07 Å². The first-order valence-corrected chi connectivity index (χ1v) is 10.7. The average molecular weight is 444 g/mol. The Bertz CT molecular complexity index is 1120. The normalized spacial score (nSPS) is 19.3. The lowest BCUT2D eigenvalue weighted by Gasteiger charge is -2.35. The Balaban J connectivity index is 1.71. The van der Waals surface area contributed by atoms with Gasteiger partial charge in [-0.15, -0.1) is 0 Å². The van der Waals surface area contributed by atoms with Crippen molar-refractivity contribution in [1.82, 2.24) is 14.8 Å². The van der Waals surface area contributed by atoms with Crippen molar-refractivity contribution in [1.29, 1.82) is 0 Å². The number of hydrogen-bond acceptors (Lipinski definition) is 3. The van der Waals surface area contributed by atoms with Crippen molar-refractivity contribution in [2.45, 2.75) is 52.0 Å². The molecule has 1 aliphatic carbocycles. The molecule has 1 saturated carbocycles. The maximum Gasteiger partial charge on any atom is 0.331 e. The molecular weight excluding hydrogens is 421 g/mol. The molecule has 0 spiro atoms. The van der Waals surface area contributed by atoms with Gasteiger partial charge in [-0.25, -0.2) is 9.18 Å². The van der Waals surface area contributed by atoms with E-state index in [4.69, 9.17) is 11.6 Å². The molecule has 0 atom stereocenters. The standard InChI is InChI=1S/C23H23ClFN3O3/c1-13-10-15(14(2)27(13)17-8-9-20(25)19(24)12-17)11-18-21(29)26-23(31)28(22(18)30)16-6-4-3-5-7-16/h8-12,16H,3-7H2,1-2H3,(H,26,29,31). The zero-order valence-corrected chi connectivity index (χ0v) is 18.1. The van der Waals surface area contributed by atoms with Crippen LogP contribution >= 0.6 is 11.6 Å². The average Bonchev–Trinajstić information content (AvgIpc) is 3.01. The van der Waals surface area contributed by atoms with E-state index in [1.807, 2.05) is 24.5 Å². The van der Waals surface area contributed by atoms with Crippen molar-refractivity contribution in [3.63, 3.8) is 0 Å². The number of benzene rings is 1. The Morgan fingerprint density at radius 1 is 1.10 bits per heavy atom. The number of halogens is 2. The van der Waals surface area contributed by atoms with Crippen molar-refractivity contribution < 1.29 is 18.8 Å². The second kappa shape index (κ2) is 8.30. The molecule has 1 aromatic heterocycles. The number of aromatic nitrogens is 1. The molecule has 162 valence electrons. The molecule has 1 aliphatic heterocycles. The summed E-state index contributed by atoms with van der Waals surface area (Å²) in [4.78, 5) is 39.2. The van der Waals surface area contributed by atoms with Crippen LogP contribution in [0.5, 0.6) is 0 Å². The second-order valence-corrected chi connectivity index (χ2v) is 8.45. The van der Waals surface area contributed by atoms with Gasteiger partial charge in [-0.1, -0.05) is 30.9 Å². The summed E-state index contributed by atoms with van der Waals surface area (Å²) in [5.74, 6) is -1.76. The van der Waals surface area contributed by atoms with Gasteiger partial charge >= 0.3 is 6.03 Å². The molecule has 8 heteroatoms. The first kappa shape index (κ1) is 21.3. The summed E-state index contributed by atoms with van der Waals surface area (Å²) in [6.07, 6.45) is 6.01. The van der Waals surface area contributed by atoms with Gasteiger partial charge in [0.15, 0.2) is 0 Å². The van der Waals surface area contributed by atoms with E-state index in [2.05, 4.69) is 5.32 Å². The summed E-state index contributed by atoms with van der Waals surface area (Å²) in [5.41, 5.74) is 2.85. The van der Waals surface area contributed by atoms with Crippen LogP contribution in [-0.4, -0.2) is 33.4 Å². The van der Waals surface area contributed by atoms with Gasteiger partial charge in [0.25, 0.3) is 11.8 Å². The van der Waals surface area contributed by atoms with Crippen LogP contribution in [0, 0.1) is 19.7 Å². The zero-order valence-electron chi connectivity index (χ0n) is 17.4. The van der Waals surface area contributed by atoms with Crippen molar-refractivity contribution in [3.05, 3.63) is 57.6 Å².